The first-order valence-electron chi connectivity index (χ1n) is 6.21. The van der Waals surface area contributed by atoms with Crippen molar-refractivity contribution in [1.82, 2.24) is 5.32 Å². The van der Waals surface area contributed by atoms with E-state index in [4.69, 9.17) is 5.11 Å². The normalized spacial score (nSPS) is 24.7. The molecule has 0 saturated heterocycles. The van der Waals surface area contributed by atoms with Crippen LogP contribution in [-0.4, -0.2) is 17.6 Å². The zero-order valence-electron chi connectivity index (χ0n) is 9.89. The van der Waals surface area contributed by atoms with Gasteiger partial charge < -0.3 is 10.4 Å². The Balaban J connectivity index is 1.63. The van der Waals surface area contributed by atoms with Gasteiger partial charge in [-0.3, -0.25) is 4.79 Å². The van der Waals surface area contributed by atoms with E-state index in [1.165, 1.54) is 4.88 Å². The smallest absolute Gasteiger partial charge is 0.306 e. The Labute approximate surface area is 106 Å². The monoisotopic (exact) mass is 253 g/mol. The van der Waals surface area contributed by atoms with Crippen molar-refractivity contribution in [1.29, 1.82) is 0 Å². The number of hydrogen-bond donors (Lipinski definition) is 2. The average molecular weight is 253 g/mol. The molecule has 0 amide bonds. The van der Waals surface area contributed by atoms with Crippen molar-refractivity contribution < 1.29 is 9.90 Å². The summed E-state index contributed by atoms with van der Waals surface area (Å²) >= 11 is 1.77. The van der Waals surface area contributed by atoms with E-state index in [-0.39, 0.29) is 5.92 Å². The summed E-state index contributed by atoms with van der Waals surface area (Å²) in [6, 6.07) is 4.21. The number of rotatable bonds is 5. The van der Waals surface area contributed by atoms with Crippen LogP contribution in [0.25, 0.3) is 0 Å². The largest absolute Gasteiger partial charge is 0.481 e. The lowest BCUT2D eigenvalue weighted by Crippen LogP contribution is -2.28. The van der Waals surface area contributed by atoms with Crippen LogP contribution >= 0.6 is 11.3 Å². The molecule has 1 aromatic rings. The van der Waals surface area contributed by atoms with Gasteiger partial charge in [0.1, 0.15) is 0 Å². The van der Waals surface area contributed by atoms with Crippen LogP contribution in [-0.2, 0) is 11.3 Å². The molecule has 0 bridgehead atoms. The Kier molecular flexibility index (Phi) is 4.57. The SMILES string of the molecule is O=C(O)C1CCC(CNCc2cccs2)CC1. The second-order valence-corrected chi connectivity index (χ2v) is 5.80. The van der Waals surface area contributed by atoms with Crippen molar-refractivity contribution in [2.75, 3.05) is 6.54 Å². The van der Waals surface area contributed by atoms with Gasteiger partial charge in [0.15, 0.2) is 0 Å². The highest BCUT2D eigenvalue weighted by Gasteiger charge is 2.25. The standard InChI is InChI=1S/C13H19NO2S/c15-13(16)11-5-3-10(4-6-11)8-14-9-12-2-1-7-17-12/h1-2,7,10-11,14H,3-6,8-9H2,(H,15,16). The molecule has 0 atom stereocenters. The molecule has 1 aliphatic carbocycles. The molecule has 0 radical (unpaired) electrons. The van der Waals surface area contributed by atoms with Crippen molar-refractivity contribution in [3.05, 3.63) is 22.4 Å². The summed E-state index contributed by atoms with van der Waals surface area (Å²) in [5.74, 6) is -0.0518. The van der Waals surface area contributed by atoms with Crippen LogP contribution in [0.5, 0.6) is 0 Å². The number of carbonyl (C=O) groups is 1. The van der Waals surface area contributed by atoms with E-state index < -0.39 is 5.97 Å². The van der Waals surface area contributed by atoms with Gasteiger partial charge >= 0.3 is 5.97 Å². The summed E-state index contributed by atoms with van der Waals surface area (Å²) in [7, 11) is 0. The van der Waals surface area contributed by atoms with E-state index in [0.29, 0.717) is 5.92 Å². The molecule has 2 rings (SSSR count). The first-order valence-corrected chi connectivity index (χ1v) is 7.09. The van der Waals surface area contributed by atoms with Gasteiger partial charge in [-0.2, -0.15) is 0 Å². The maximum Gasteiger partial charge on any atom is 0.306 e. The molecule has 0 aromatic carbocycles. The van der Waals surface area contributed by atoms with Crippen LogP contribution in [0.3, 0.4) is 0 Å². The molecule has 0 unspecified atom stereocenters. The second-order valence-electron chi connectivity index (χ2n) is 4.77. The van der Waals surface area contributed by atoms with Crippen molar-refractivity contribution >= 4 is 17.3 Å². The van der Waals surface area contributed by atoms with Crippen molar-refractivity contribution in [3.63, 3.8) is 0 Å². The first-order chi connectivity index (χ1) is 8.25. The number of carboxylic acids is 1. The molecule has 1 saturated carbocycles. The Morgan fingerprint density at radius 3 is 2.76 bits per heavy atom. The average Bonchev–Trinajstić information content (AvgIpc) is 2.83. The topological polar surface area (TPSA) is 49.3 Å². The van der Waals surface area contributed by atoms with Gasteiger partial charge in [0, 0.05) is 11.4 Å². The van der Waals surface area contributed by atoms with Crippen LogP contribution in [0.15, 0.2) is 17.5 Å². The minimum atomic E-state index is -0.616. The Hall–Kier alpha value is -0.870. The lowest BCUT2D eigenvalue weighted by atomic mass is 9.82. The second kappa shape index (κ2) is 6.17. The molecule has 1 aliphatic rings. The molecule has 3 nitrogen and oxygen atoms in total. The summed E-state index contributed by atoms with van der Waals surface area (Å²) in [5, 5.41) is 14.5. The summed E-state index contributed by atoms with van der Waals surface area (Å²) < 4.78 is 0. The Morgan fingerprint density at radius 1 is 1.41 bits per heavy atom. The zero-order valence-corrected chi connectivity index (χ0v) is 10.7. The number of hydrogen-bond acceptors (Lipinski definition) is 3. The maximum atomic E-state index is 10.8. The lowest BCUT2D eigenvalue weighted by Gasteiger charge is -2.26. The first kappa shape index (κ1) is 12.6. The van der Waals surface area contributed by atoms with E-state index >= 15 is 0 Å². The number of carboxylic acid groups (broad SMARTS) is 1. The van der Waals surface area contributed by atoms with Gasteiger partial charge in [-0.05, 0) is 49.6 Å². The molecule has 2 N–H and O–H groups in total. The van der Waals surface area contributed by atoms with E-state index in [2.05, 4.69) is 22.8 Å². The number of nitrogens with one attached hydrogen (secondary N) is 1. The fourth-order valence-electron chi connectivity index (χ4n) is 2.43. The maximum absolute atomic E-state index is 10.8. The van der Waals surface area contributed by atoms with Gasteiger partial charge in [-0.15, -0.1) is 11.3 Å². The molecular formula is C13H19NO2S. The summed E-state index contributed by atoms with van der Waals surface area (Å²) in [6.07, 6.45) is 3.80. The lowest BCUT2D eigenvalue weighted by molar-refractivity contribution is -0.143. The predicted molar refractivity (Wildman–Crippen MR) is 69.1 cm³/mol. The van der Waals surface area contributed by atoms with Crippen LogP contribution in [0, 0.1) is 11.8 Å². The van der Waals surface area contributed by atoms with Crippen molar-refractivity contribution in [2.45, 2.75) is 32.2 Å². The molecule has 0 aliphatic heterocycles. The quantitative estimate of drug-likeness (QED) is 0.848. The highest BCUT2D eigenvalue weighted by Crippen LogP contribution is 2.28. The van der Waals surface area contributed by atoms with Crippen LogP contribution in [0.2, 0.25) is 0 Å². The highest BCUT2D eigenvalue weighted by atomic mass is 32.1. The summed E-state index contributed by atoms with van der Waals surface area (Å²) in [4.78, 5) is 12.2. The van der Waals surface area contributed by atoms with Gasteiger partial charge in [0.25, 0.3) is 0 Å². The third kappa shape index (κ3) is 3.82. The summed E-state index contributed by atoms with van der Waals surface area (Å²) in [5.41, 5.74) is 0. The molecule has 17 heavy (non-hydrogen) atoms. The van der Waals surface area contributed by atoms with E-state index in [9.17, 15) is 4.79 Å². The predicted octanol–water partition coefficient (Wildman–Crippen LogP) is 2.73. The molecule has 1 aromatic heterocycles. The van der Waals surface area contributed by atoms with Crippen LogP contribution in [0.1, 0.15) is 30.6 Å². The Morgan fingerprint density at radius 2 is 2.18 bits per heavy atom. The third-order valence-corrected chi connectivity index (χ3v) is 4.38. The fourth-order valence-corrected chi connectivity index (χ4v) is 3.10. The van der Waals surface area contributed by atoms with Gasteiger partial charge in [-0.25, -0.2) is 0 Å². The molecule has 4 heteroatoms. The molecule has 1 fully saturated rings. The minimum absolute atomic E-state index is 0.0939. The van der Waals surface area contributed by atoms with E-state index in [1.54, 1.807) is 11.3 Å². The van der Waals surface area contributed by atoms with Crippen molar-refractivity contribution in [2.24, 2.45) is 11.8 Å². The minimum Gasteiger partial charge on any atom is -0.481 e. The molecule has 0 spiro atoms. The number of thiophene rings is 1. The highest BCUT2D eigenvalue weighted by molar-refractivity contribution is 7.09. The van der Waals surface area contributed by atoms with Gasteiger partial charge in [-0.1, -0.05) is 6.07 Å². The zero-order chi connectivity index (χ0) is 12.1. The summed E-state index contributed by atoms with van der Waals surface area (Å²) in [6.45, 7) is 1.96. The van der Waals surface area contributed by atoms with E-state index in [0.717, 1.165) is 38.8 Å². The molecular weight excluding hydrogens is 234 g/mol. The van der Waals surface area contributed by atoms with E-state index in [1.807, 2.05) is 0 Å². The van der Waals surface area contributed by atoms with Crippen molar-refractivity contribution in [3.8, 4) is 0 Å². The van der Waals surface area contributed by atoms with Crippen LogP contribution in [0.4, 0.5) is 0 Å². The Bertz CT molecular complexity index is 342. The molecule has 1 heterocycles. The number of aliphatic carboxylic acids is 1. The van der Waals surface area contributed by atoms with Gasteiger partial charge in [0.2, 0.25) is 0 Å². The van der Waals surface area contributed by atoms with Crippen LogP contribution < -0.4 is 5.32 Å². The third-order valence-electron chi connectivity index (χ3n) is 3.51. The molecule has 94 valence electrons. The fraction of sp³-hybridized carbons (Fsp3) is 0.615. The van der Waals surface area contributed by atoms with Gasteiger partial charge in [0.05, 0.1) is 5.92 Å².